The van der Waals surface area contributed by atoms with Crippen LogP contribution in [0.25, 0.3) is 11.1 Å². The summed E-state index contributed by atoms with van der Waals surface area (Å²) in [5, 5.41) is 9.00. The first-order valence-corrected chi connectivity index (χ1v) is 6.83. The fourth-order valence-electron chi connectivity index (χ4n) is 2.72. The Kier molecular flexibility index (Phi) is 3.38. The van der Waals surface area contributed by atoms with E-state index in [-0.39, 0.29) is 5.92 Å². The highest BCUT2D eigenvalue weighted by Gasteiger charge is 2.21. The number of carbonyl (C=O) groups is 1. The van der Waals surface area contributed by atoms with Gasteiger partial charge in [0.2, 0.25) is 0 Å². The van der Waals surface area contributed by atoms with Crippen LogP contribution >= 0.6 is 0 Å². The van der Waals surface area contributed by atoms with Gasteiger partial charge in [-0.25, -0.2) is 4.79 Å². The lowest BCUT2D eigenvalue weighted by atomic mass is 9.96. The first-order chi connectivity index (χ1) is 9.74. The third-order valence-corrected chi connectivity index (χ3v) is 3.85. The number of aliphatic carboxylic acids is 1. The SMILES string of the molecule is O=C(O)C1=CC(c2ccc(-c3ccccc3)cc2)CC1. The van der Waals surface area contributed by atoms with Crippen molar-refractivity contribution in [2.24, 2.45) is 0 Å². The fourth-order valence-corrected chi connectivity index (χ4v) is 2.72. The third kappa shape index (κ3) is 2.50. The van der Waals surface area contributed by atoms with Crippen molar-refractivity contribution in [3.63, 3.8) is 0 Å². The molecule has 2 aromatic rings. The summed E-state index contributed by atoms with van der Waals surface area (Å²) in [6.45, 7) is 0. The molecule has 100 valence electrons. The van der Waals surface area contributed by atoms with E-state index >= 15 is 0 Å². The van der Waals surface area contributed by atoms with E-state index in [1.807, 2.05) is 24.3 Å². The molecule has 1 aliphatic carbocycles. The molecule has 1 N–H and O–H groups in total. The average molecular weight is 264 g/mol. The summed E-state index contributed by atoms with van der Waals surface area (Å²) in [6.07, 6.45) is 3.45. The minimum absolute atomic E-state index is 0.242. The standard InChI is InChI=1S/C18H16O2/c19-18(20)17-11-10-16(12-17)15-8-6-14(7-9-15)13-4-2-1-3-5-13/h1-9,12,16H,10-11H2,(H,19,20). The minimum atomic E-state index is -0.784. The summed E-state index contributed by atoms with van der Waals surface area (Å²) in [6, 6.07) is 18.7. The Morgan fingerprint density at radius 2 is 1.60 bits per heavy atom. The maximum atomic E-state index is 10.9. The number of allylic oxidation sites excluding steroid dienone is 1. The van der Waals surface area contributed by atoms with Gasteiger partial charge in [-0.3, -0.25) is 0 Å². The number of rotatable bonds is 3. The van der Waals surface area contributed by atoms with E-state index in [2.05, 4.69) is 36.4 Å². The Hall–Kier alpha value is -2.35. The fraction of sp³-hybridized carbons (Fsp3) is 0.167. The largest absolute Gasteiger partial charge is 0.478 e. The van der Waals surface area contributed by atoms with Crippen molar-refractivity contribution in [2.45, 2.75) is 18.8 Å². The normalized spacial score (nSPS) is 17.8. The van der Waals surface area contributed by atoms with Crippen LogP contribution in [0.1, 0.15) is 24.3 Å². The number of hydrogen-bond acceptors (Lipinski definition) is 1. The highest BCUT2D eigenvalue weighted by molar-refractivity contribution is 5.87. The van der Waals surface area contributed by atoms with Crippen molar-refractivity contribution in [1.29, 1.82) is 0 Å². The zero-order valence-electron chi connectivity index (χ0n) is 11.1. The molecule has 1 atom stereocenters. The molecule has 0 fully saturated rings. The number of carboxylic acids is 1. The zero-order chi connectivity index (χ0) is 13.9. The monoisotopic (exact) mass is 264 g/mol. The molecular weight excluding hydrogens is 248 g/mol. The second kappa shape index (κ2) is 5.33. The lowest BCUT2D eigenvalue weighted by Gasteiger charge is -2.09. The Morgan fingerprint density at radius 3 is 2.20 bits per heavy atom. The molecule has 0 saturated carbocycles. The van der Waals surface area contributed by atoms with Crippen LogP contribution in [-0.4, -0.2) is 11.1 Å². The molecule has 0 saturated heterocycles. The lowest BCUT2D eigenvalue weighted by molar-refractivity contribution is -0.132. The number of benzene rings is 2. The van der Waals surface area contributed by atoms with Crippen LogP contribution < -0.4 is 0 Å². The van der Waals surface area contributed by atoms with Crippen LogP contribution in [0, 0.1) is 0 Å². The minimum Gasteiger partial charge on any atom is -0.478 e. The molecule has 2 heteroatoms. The Morgan fingerprint density at radius 1 is 0.950 bits per heavy atom. The van der Waals surface area contributed by atoms with Gasteiger partial charge in [0, 0.05) is 11.5 Å². The molecule has 1 unspecified atom stereocenters. The molecule has 0 heterocycles. The van der Waals surface area contributed by atoms with E-state index in [4.69, 9.17) is 5.11 Å². The number of hydrogen-bond donors (Lipinski definition) is 1. The van der Waals surface area contributed by atoms with Crippen LogP contribution in [0.5, 0.6) is 0 Å². The molecule has 1 aliphatic rings. The first kappa shape index (κ1) is 12.7. The van der Waals surface area contributed by atoms with E-state index < -0.39 is 5.97 Å². The van der Waals surface area contributed by atoms with Gasteiger partial charge in [0.05, 0.1) is 0 Å². The highest BCUT2D eigenvalue weighted by atomic mass is 16.4. The van der Waals surface area contributed by atoms with Crippen molar-refractivity contribution in [1.82, 2.24) is 0 Å². The third-order valence-electron chi connectivity index (χ3n) is 3.85. The predicted molar refractivity (Wildman–Crippen MR) is 79.6 cm³/mol. The molecule has 0 aromatic heterocycles. The van der Waals surface area contributed by atoms with Crippen molar-refractivity contribution in [2.75, 3.05) is 0 Å². The summed E-state index contributed by atoms with van der Waals surface area (Å²) >= 11 is 0. The van der Waals surface area contributed by atoms with Gasteiger partial charge in [0.1, 0.15) is 0 Å². The molecular formula is C18H16O2. The maximum Gasteiger partial charge on any atom is 0.331 e. The van der Waals surface area contributed by atoms with Gasteiger partial charge >= 0.3 is 5.97 Å². The molecule has 0 aliphatic heterocycles. The van der Waals surface area contributed by atoms with E-state index in [9.17, 15) is 4.79 Å². The molecule has 2 nitrogen and oxygen atoms in total. The summed E-state index contributed by atoms with van der Waals surface area (Å²) in [7, 11) is 0. The van der Waals surface area contributed by atoms with Crippen molar-refractivity contribution in [3.8, 4) is 11.1 Å². The Balaban J connectivity index is 1.83. The maximum absolute atomic E-state index is 10.9. The van der Waals surface area contributed by atoms with Crippen molar-refractivity contribution >= 4 is 5.97 Å². The van der Waals surface area contributed by atoms with Crippen LogP contribution in [0.2, 0.25) is 0 Å². The summed E-state index contributed by atoms with van der Waals surface area (Å²) in [5.74, 6) is -0.542. The topological polar surface area (TPSA) is 37.3 Å². The predicted octanol–water partition coefficient (Wildman–Crippen LogP) is 4.24. The highest BCUT2D eigenvalue weighted by Crippen LogP contribution is 2.33. The first-order valence-electron chi connectivity index (χ1n) is 6.83. The molecule has 2 aromatic carbocycles. The summed E-state index contributed by atoms with van der Waals surface area (Å²) in [5.41, 5.74) is 4.13. The second-order valence-electron chi connectivity index (χ2n) is 5.13. The van der Waals surface area contributed by atoms with E-state index in [0.29, 0.717) is 12.0 Å². The number of carboxylic acid groups (broad SMARTS) is 1. The molecule has 0 radical (unpaired) electrons. The van der Waals surface area contributed by atoms with Gasteiger partial charge in [-0.1, -0.05) is 60.7 Å². The van der Waals surface area contributed by atoms with Crippen molar-refractivity contribution < 1.29 is 9.90 Å². The average Bonchev–Trinajstić information content (AvgIpc) is 2.98. The van der Waals surface area contributed by atoms with Gasteiger partial charge in [0.25, 0.3) is 0 Å². The van der Waals surface area contributed by atoms with E-state index in [1.165, 1.54) is 16.7 Å². The van der Waals surface area contributed by atoms with Crippen LogP contribution in [0.4, 0.5) is 0 Å². The molecule has 3 rings (SSSR count). The van der Waals surface area contributed by atoms with E-state index in [0.717, 1.165) is 6.42 Å². The van der Waals surface area contributed by atoms with Gasteiger partial charge in [0.15, 0.2) is 0 Å². The van der Waals surface area contributed by atoms with Crippen LogP contribution in [0.3, 0.4) is 0 Å². The molecule has 0 bridgehead atoms. The quantitative estimate of drug-likeness (QED) is 0.900. The van der Waals surface area contributed by atoms with Gasteiger partial charge < -0.3 is 5.11 Å². The van der Waals surface area contributed by atoms with E-state index in [1.54, 1.807) is 0 Å². The molecule has 0 amide bonds. The Labute approximate surface area is 118 Å². The Bertz CT molecular complexity index is 639. The lowest BCUT2D eigenvalue weighted by Crippen LogP contribution is -1.96. The summed E-state index contributed by atoms with van der Waals surface area (Å²) < 4.78 is 0. The molecule has 20 heavy (non-hydrogen) atoms. The smallest absolute Gasteiger partial charge is 0.331 e. The van der Waals surface area contributed by atoms with Crippen LogP contribution in [0.15, 0.2) is 66.2 Å². The van der Waals surface area contributed by atoms with Gasteiger partial charge in [-0.15, -0.1) is 0 Å². The van der Waals surface area contributed by atoms with Gasteiger partial charge in [-0.05, 0) is 29.5 Å². The van der Waals surface area contributed by atoms with Crippen molar-refractivity contribution in [3.05, 3.63) is 71.8 Å². The van der Waals surface area contributed by atoms with Gasteiger partial charge in [-0.2, -0.15) is 0 Å². The zero-order valence-corrected chi connectivity index (χ0v) is 11.1. The second-order valence-corrected chi connectivity index (χ2v) is 5.13. The van der Waals surface area contributed by atoms with Crippen LogP contribution in [-0.2, 0) is 4.79 Å². The molecule has 0 spiro atoms. The summed E-state index contributed by atoms with van der Waals surface area (Å²) in [4.78, 5) is 10.9.